The molecule has 0 aromatic heterocycles. The Morgan fingerprint density at radius 1 is 0.284 bits per heavy atom. The minimum Gasteiger partial charge on any atom is -0.462 e. The van der Waals surface area contributed by atoms with Gasteiger partial charge in [-0.2, -0.15) is 0 Å². The Labute approximate surface area is 418 Å². The smallest absolute Gasteiger partial charge is 0.306 e. The van der Waals surface area contributed by atoms with Gasteiger partial charge >= 0.3 is 17.9 Å². The zero-order chi connectivity index (χ0) is 48.9. The molecule has 6 nitrogen and oxygen atoms in total. The van der Waals surface area contributed by atoms with Gasteiger partial charge in [-0.25, -0.2) is 0 Å². The van der Waals surface area contributed by atoms with Crippen LogP contribution in [0.5, 0.6) is 0 Å². The molecule has 0 heterocycles. The highest BCUT2D eigenvalue weighted by Crippen LogP contribution is 2.18. The molecule has 1 atom stereocenters. The van der Waals surface area contributed by atoms with Crippen LogP contribution in [0.1, 0.15) is 343 Å². The van der Waals surface area contributed by atoms with Crippen molar-refractivity contribution >= 4 is 17.9 Å². The van der Waals surface area contributed by atoms with E-state index >= 15 is 0 Å². The molecule has 0 radical (unpaired) electrons. The van der Waals surface area contributed by atoms with Gasteiger partial charge in [0, 0.05) is 19.3 Å². The van der Waals surface area contributed by atoms with Crippen LogP contribution in [0.4, 0.5) is 0 Å². The zero-order valence-corrected chi connectivity index (χ0v) is 46.0. The number of hydrogen-bond acceptors (Lipinski definition) is 6. The molecule has 0 aliphatic carbocycles. The van der Waals surface area contributed by atoms with Crippen LogP contribution in [0.15, 0.2) is 0 Å². The first kappa shape index (κ1) is 65.4. The fraction of sp³-hybridized carbons (Fsp3) is 0.951. The molecule has 0 aromatic carbocycles. The second kappa shape index (κ2) is 53.8. The van der Waals surface area contributed by atoms with Crippen LogP contribution in [0, 0.1) is 11.8 Å². The maximum Gasteiger partial charge on any atom is 0.306 e. The molecule has 0 saturated carbocycles. The summed E-state index contributed by atoms with van der Waals surface area (Å²) in [7, 11) is 0. The summed E-state index contributed by atoms with van der Waals surface area (Å²) in [5.74, 6) is 0.850. The highest BCUT2D eigenvalue weighted by Gasteiger charge is 2.19. The van der Waals surface area contributed by atoms with E-state index in [2.05, 4.69) is 34.6 Å². The van der Waals surface area contributed by atoms with E-state index in [0.29, 0.717) is 19.3 Å². The summed E-state index contributed by atoms with van der Waals surface area (Å²) in [6.45, 7) is 11.4. The molecule has 0 saturated heterocycles. The van der Waals surface area contributed by atoms with Crippen molar-refractivity contribution in [3.8, 4) is 0 Å². The van der Waals surface area contributed by atoms with Crippen molar-refractivity contribution in [3.05, 3.63) is 0 Å². The van der Waals surface area contributed by atoms with Gasteiger partial charge in [-0.1, -0.05) is 304 Å². The summed E-state index contributed by atoms with van der Waals surface area (Å²) in [5.41, 5.74) is 0. The maximum absolute atomic E-state index is 12.9. The van der Waals surface area contributed by atoms with Crippen molar-refractivity contribution in [2.24, 2.45) is 11.8 Å². The fourth-order valence-corrected chi connectivity index (χ4v) is 9.40. The van der Waals surface area contributed by atoms with Crippen molar-refractivity contribution in [1.29, 1.82) is 0 Å². The van der Waals surface area contributed by atoms with E-state index in [9.17, 15) is 14.4 Å². The van der Waals surface area contributed by atoms with Crippen LogP contribution in [0.2, 0.25) is 0 Å². The molecule has 0 unspecified atom stereocenters. The van der Waals surface area contributed by atoms with Gasteiger partial charge < -0.3 is 14.2 Å². The Morgan fingerprint density at radius 3 is 0.731 bits per heavy atom. The van der Waals surface area contributed by atoms with E-state index in [1.165, 1.54) is 231 Å². The first-order valence-electron chi connectivity index (χ1n) is 30.2. The predicted octanol–water partition coefficient (Wildman–Crippen LogP) is 20.0. The molecule has 0 N–H and O–H groups in total. The fourth-order valence-electron chi connectivity index (χ4n) is 9.40. The number of rotatable bonds is 55. The van der Waals surface area contributed by atoms with E-state index in [0.717, 1.165) is 69.6 Å². The maximum atomic E-state index is 12.9. The van der Waals surface area contributed by atoms with Crippen molar-refractivity contribution in [3.63, 3.8) is 0 Å². The number of ether oxygens (including phenoxy) is 3. The third kappa shape index (κ3) is 55.2. The number of hydrogen-bond donors (Lipinski definition) is 0. The topological polar surface area (TPSA) is 78.9 Å². The highest BCUT2D eigenvalue weighted by atomic mass is 16.6. The van der Waals surface area contributed by atoms with E-state index in [1.807, 2.05) is 0 Å². The third-order valence-electron chi connectivity index (χ3n) is 14.0. The van der Waals surface area contributed by atoms with Gasteiger partial charge in [-0.15, -0.1) is 0 Å². The minimum atomic E-state index is -0.763. The summed E-state index contributed by atoms with van der Waals surface area (Å²) in [6, 6.07) is 0. The van der Waals surface area contributed by atoms with Crippen LogP contribution in [-0.4, -0.2) is 37.2 Å². The number of carbonyl (C=O) groups excluding carboxylic acids is 3. The van der Waals surface area contributed by atoms with Crippen molar-refractivity contribution in [2.45, 2.75) is 349 Å². The van der Waals surface area contributed by atoms with E-state index in [-0.39, 0.29) is 31.1 Å². The summed E-state index contributed by atoms with van der Waals surface area (Å²) < 4.78 is 16.9. The van der Waals surface area contributed by atoms with E-state index < -0.39 is 6.10 Å². The molecule has 0 bridgehead atoms. The standard InChI is InChI=1S/C61H118O6/c1-6-7-8-9-10-11-12-13-14-15-22-28-33-38-43-48-53-61(64)67-58(55-66-60(63)52-47-42-37-32-27-23-18-20-25-30-35-40-45-50-57(4)5)54-65-59(62)51-46-41-36-31-26-21-17-16-19-24-29-34-39-44-49-56(2)3/h56-58H,6-55H2,1-5H3/t58-/m1/s1. The van der Waals surface area contributed by atoms with Crippen LogP contribution in [0.25, 0.3) is 0 Å². The molecule has 0 fully saturated rings. The highest BCUT2D eigenvalue weighted by molar-refractivity contribution is 5.71. The summed E-state index contributed by atoms with van der Waals surface area (Å²) in [5, 5.41) is 0. The average Bonchev–Trinajstić information content (AvgIpc) is 3.30. The third-order valence-corrected chi connectivity index (χ3v) is 14.0. The number of carbonyl (C=O) groups is 3. The van der Waals surface area contributed by atoms with Gasteiger partial charge in [0.05, 0.1) is 0 Å². The van der Waals surface area contributed by atoms with Crippen molar-refractivity contribution < 1.29 is 28.6 Å². The summed E-state index contributed by atoms with van der Waals surface area (Å²) >= 11 is 0. The van der Waals surface area contributed by atoms with Crippen molar-refractivity contribution in [2.75, 3.05) is 13.2 Å². The summed E-state index contributed by atoms with van der Waals surface area (Å²) in [6.07, 6.45) is 58.1. The number of unbranched alkanes of at least 4 members (excludes halogenated alkanes) is 40. The van der Waals surface area contributed by atoms with Gasteiger partial charge in [-0.3, -0.25) is 14.4 Å². The Kier molecular flexibility index (Phi) is 52.5. The molecule has 0 aliphatic heterocycles. The SMILES string of the molecule is CCCCCCCCCCCCCCCCCCC(=O)O[C@H](COC(=O)CCCCCCCCCCCCCCCCC(C)C)COC(=O)CCCCCCCCCCCCCCCC(C)C. The van der Waals surface area contributed by atoms with Gasteiger partial charge in [-0.05, 0) is 31.1 Å². The van der Waals surface area contributed by atoms with Gasteiger partial charge in [0.1, 0.15) is 13.2 Å². The zero-order valence-electron chi connectivity index (χ0n) is 46.0. The normalized spacial score (nSPS) is 12.0. The lowest BCUT2D eigenvalue weighted by molar-refractivity contribution is -0.167. The van der Waals surface area contributed by atoms with Gasteiger partial charge in [0.2, 0.25) is 0 Å². The monoisotopic (exact) mass is 947 g/mol. The van der Waals surface area contributed by atoms with E-state index in [4.69, 9.17) is 14.2 Å². The first-order chi connectivity index (χ1) is 32.7. The van der Waals surface area contributed by atoms with Crippen LogP contribution >= 0.6 is 0 Å². The molecule has 0 aromatic rings. The predicted molar refractivity (Wildman–Crippen MR) is 289 cm³/mol. The lowest BCUT2D eigenvalue weighted by Crippen LogP contribution is -2.30. The molecule has 398 valence electrons. The lowest BCUT2D eigenvalue weighted by atomic mass is 10.0. The lowest BCUT2D eigenvalue weighted by Gasteiger charge is -2.18. The second-order valence-electron chi connectivity index (χ2n) is 21.9. The Balaban J connectivity index is 4.30. The van der Waals surface area contributed by atoms with Crippen LogP contribution < -0.4 is 0 Å². The van der Waals surface area contributed by atoms with Crippen LogP contribution in [0.3, 0.4) is 0 Å². The minimum absolute atomic E-state index is 0.0623. The molecule has 6 heteroatoms. The largest absolute Gasteiger partial charge is 0.462 e. The van der Waals surface area contributed by atoms with Crippen LogP contribution in [-0.2, 0) is 28.6 Å². The Morgan fingerprint density at radius 2 is 0.493 bits per heavy atom. The molecule has 0 amide bonds. The average molecular weight is 948 g/mol. The number of esters is 3. The molecule has 0 aliphatic rings. The second-order valence-corrected chi connectivity index (χ2v) is 21.9. The van der Waals surface area contributed by atoms with Crippen molar-refractivity contribution in [1.82, 2.24) is 0 Å². The quantitative estimate of drug-likeness (QED) is 0.0343. The Bertz CT molecular complexity index is 1020. The molecule has 67 heavy (non-hydrogen) atoms. The summed E-state index contributed by atoms with van der Waals surface area (Å²) in [4.78, 5) is 38.2. The van der Waals surface area contributed by atoms with Gasteiger partial charge in [0.25, 0.3) is 0 Å². The van der Waals surface area contributed by atoms with Gasteiger partial charge in [0.15, 0.2) is 6.10 Å². The molecule has 0 spiro atoms. The first-order valence-corrected chi connectivity index (χ1v) is 30.2. The molecular weight excluding hydrogens is 829 g/mol. The molecule has 0 rings (SSSR count). The molecular formula is C61H118O6. The Hall–Kier alpha value is -1.59. The van der Waals surface area contributed by atoms with E-state index in [1.54, 1.807) is 0 Å².